The summed E-state index contributed by atoms with van der Waals surface area (Å²) in [5, 5.41) is 0. The molecule has 2 aliphatic rings. The molecule has 1 aromatic rings. The fraction of sp³-hybridized carbons (Fsp3) is 0.667. The first-order chi connectivity index (χ1) is 8.86. The van der Waals surface area contributed by atoms with Crippen LogP contribution in [0, 0.1) is 11.8 Å². The molecule has 0 bridgehead atoms. The number of rotatable bonds is 2. The van der Waals surface area contributed by atoms with E-state index < -0.39 is 0 Å². The molecular formula is C15H23N3. The highest BCUT2D eigenvalue weighted by Crippen LogP contribution is 2.37. The van der Waals surface area contributed by atoms with Crippen LogP contribution in [0.3, 0.4) is 0 Å². The average molecular weight is 245 g/mol. The fourth-order valence-electron chi connectivity index (χ4n) is 3.61. The van der Waals surface area contributed by atoms with E-state index in [-0.39, 0.29) is 0 Å². The minimum atomic E-state index is 0.535. The molecule has 18 heavy (non-hydrogen) atoms. The maximum Gasteiger partial charge on any atom is 0.0560 e. The van der Waals surface area contributed by atoms with Gasteiger partial charge in [-0.15, -0.1) is 0 Å². The van der Waals surface area contributed by atoms with Gasteiger partial charge in [-0.25, -0.2) is 0 Å². The molecule has 2 N–H and O–H groups in total. The first-order valence-electron chi connectivity index (χ1n) is 7.27. The summed E-state index contributed by atoms with van der Waals surface area (Å²) in [6, 6.07) is 4.28. The van der Waals surface area contributed by atoms with Crippen molar-refractivity contribution in [3.8, 4) is 0 Å². The Labute approximate surface area is 109 Å². The molecule has 3 heteroatoms. The lowest BCUT2D eigenvalue weighted by Gasteiger charge is -2.42. The molecule has 3 rings (SSSR count). The number of pyridine rings is 1. The lowest BCUT2D eigenvalue weighted by atomic mass is 9.75. The molecule has 2 unspecified atom stereocenters. The zero-order valence-corrected chi connectivity index (χ0v) is 11.0. The van der Waals surface area contributed by atoms with Gasteiger partial charge in [0.25, 0.3) is 0 Å². The molecule has 2 heterocycles. The van der Waals surface area contributed by atoms with Gasteiger partial charge in [0.2, 0.25) is 0 Å². The second kappa shape index (κ2) is 5.27. The number of piperidine rings is 1. The molecule has 3 nitrogen and oxygen atoms in total. The zero-order chi connectivity index (χ0) is 12.4. The summed E-state index contributed by atoms with van der Waals surface area (Å²) in [5.74, 6) is 1.91. The summed E-state index contributed by atoms with van der Waals surface area (Å²) in [5.41, 5.74) is 7.99. The van der Waals surface area contributed by atoms with Crippen LogP contribution in [0.25, 0.3) is 0 Å². The highest BCUT2D eigenvalue weighted by Gasteiger charge is 2.31. The maximum atomic E-state index is 5.67. The van der Waals surface area contributed by atoms with Crippen LogP contribution in [0.1, 0.15) is 37.8 Å². The normalized spacial score (nSPS) is 27.9. The summed E-state index contributed by atoms with van der Waals surface area (Å²) < 4.78 is 0. The van der Waals surface area contributed by atoms with E-state index in [2.05, 4.69) is 22.0 Å². The lowest BCUT2D eigenvalue weighted by Crippen LogP contribution is -2.41. The standard InChI is InChI=1S/C15H23N3/c16-10-14-9-15(5-7-17-14)18-8-6-12-3-1-2-4-13(12)11-18/h5,7,9,12-13H,1-4,6,8,10-11,16H2. The molecule has 0 amide bonds. The maximum absolute atomic E-state index is 5.67. The summed E-state index contributed by atoms with van der Waals surface area (Å²) >= 11 is 0. The predicted molar refractivity (Wildman–Crippen MR) is 74.4 cm³/mol. The van der Waals surface area contributed by atoms with Gasteiger partial charge < -0.3 is 10.6 Å². The SMILES string of the molecule is NCc1cc(N2CCC3CCCCC3C2)ccn1. The number of nitrogens with two attached hydrogens (primary N) is 1. The van der Waals surface area contributed by atoms with Gasteiger partial charge in [0, 0.05) is 31.5 Å². The third-order valence-corrected chi connectivity index (χ3v) is 4.67. The van der Waals surface area contributed by atoms with Crippen molar-refractivity contribution < 1.29 is 0 Å². The summed E-state index contributed by atoms with van der Waals surface area (Å²) in [6.07, 6.45) is 9.03. The van der Waals surface area contributed by atoms with Gasteiger partial charge in [0.1, 0.15) is 0 Å². The van der Waals surface area contributed by atoms with Crippen LogP contribution in [0.4, 0.5) is 5.69 Å². The van der Waals surface area contributed by atoms with Crippen LogP contribution >= 0.6 is 0 Å². The topological polar surface area (TPSA) is 42.1 Å². The molecule has 0 aromatic carbocycles. The minimum Gasteiger partial charge on any atom is -0.371 e. The first-order valence-corrected chi connectivity index (χ1v) is 7.27. The largest absolute Gasteiger partial charge is 0.371 e. The predicted octanol–water partition coefficient (Wildman–Crippen LogP) is 2.56. The second-order valence-corrected chi connectivity index (χ2v) is 5.75. The monoisotopic (exact) mass is 245 g/mol. The Balaban J connectivity index is 1.72. The smallest absolute Gasteiger partial charge is 0.0560 e. The molecule has 1 saturated heterocycles. The van der Waals surface area contributed by atoms with E-state index in [9.17, 15) is 0 Å². The van der Waals surface area contributed by atoms with E-state index in [0.29, 0.717) is 6.54 Å². The van der Waals surface area contributed by atoms with Gasteiger partial charge in [0.05, 0.1) is 5.69 Å². The Morgan fingerprint density at radius 3 is 2.89 bits per heavy atom. The number of nitrogens with zero attached hydrogens (tertiary/aromatic N) is 2. The Morgan fingerprint density at radius 1 is 1.22 bits per heavy atom. The summed E-state index contributed by atoms with van der Waals surface area (Å²) in [7, 11) is 0. The highest BCUT2D eigenvalue weighted by atomic mass is 15.1. The van der Waals surface area contributed by atoms with Crippen molar-refractivity contribution in [1.82, 2.24) is 4.98 Å². The Hall–Kier alpha value is -1.09. The molecule has 0 radical (unpaired) electrons. The van der Waals surface area contributed by atoms with Gasteiger partial charge in [-0.1, -0.05) is 19.3 Å². The van der Waals surface area contributed by atoms with E-state index in [1.54, 1.807) is 0 Å². The van der Waals surface area contributed by atoms with Crippen molar-refractivity contribution in [3.63, 3.8) is 0 Å². The van der Waals surface area contributed by atoms with E-state index in [4.69, 9.17) is 5.73 Å². The molecule has 1 saturated carbocycles. The quantitative estimate of drug-likeness (QED) is 0.870. The third-order valence-electron chi connectivity index (χ3n) is 4.67. The van der Waals surface area contributed by atoms with Crippen molar-refractivity contribution in [3.05, 3.63) is 24.0 Å². The van der Waals surface area contributed by atoms with Crippen LogP contribution in [0.15, 0.2) is 18.3 Å². The molecule has 2 fully saturated rings. The lowest BCUT2D eigenvalue weighted by molar-refractivity contribution is 0.202. The fourth-order valence-corrected chi connectivity index (χ4v) is 3.61. The first kappa shape index (κ1) is 12.0. The number of aromatic nitrogens is 1. The molecule has 98 valence electrons. The van der Waals surface area contributed by atoms with Gasteiger partial charge in [-0.2, -0.15) is 0 Å². The summed E-state index contributed by atoms with van der Waals surface area (Å²) in [6.45, 7) is 2.97. The molecule has 1 aliphatic heterocycles. The second-order valence-electron chi connectivity index (χ2n) is 5.75. The number of anilines is 1. The van der Waals surface area contributed by atoms with E-state index in [1.807, 2.05) is 6.20 Å². The van der Waals surface area contributed by atoms with Crippen LogP contribution in [0.5, 0.6) is 0 Å². The molecular weight excluding hydrogens is 222 g/mol. The minimum absolute atomic E-state index is 0.535. The van der Waals surface area contributed by atoms with E-state index >= 15 is 0 Å². The van der Waals surface area contributed by atoms with Gasteiger partial charge in [0.15, 0.2) is 0 Å². The Morgan fingerprint density at radius 2 is 2.06 bits per heavy atom. The van der Waals surface area contributed by atoms with Crippen molar-refractivity contribution in [2.45, 2.75) is 38.6 Å². The van der Waals surface area contributed by atoms with Crippen LogP contribution in [-0.4, -0.2) is 18.1 Å². The van der Waals surface area contributed by atoms with Gasteiger partial charge in [-0.05, 0) is 36.8 Å². The van der Waals surface area contributed by atoms with Crippen molar-refractivity contribution in [2.24, 2.45) is 17.6 Å². The van der Waals surface area contributed by atoms with Crippen molar-refractivity contribution in [1.29, 1.82) is 0 Å². The summed E-state index contributed by atoms with van der Waals surface area (Å²) in [4.78, 5) is 6.82. The molecule has 2 atom stereocenters. The molecule has 0 spiro atoms. The Kier molecular flexibility index (Phi) is 3.50. The number of hydrogen-bond donors (Lipinski definition) is 1. The van der Waals surface area contributed by atoms with Gasteiger partial charge in [-0.3, -0.25) is 4.98 Å². The molecule has 1 aromatic heterocycles. The van der Waals surface area contributed by atoms with Crippen LogP contribution in [0.2, 0.25) is 0 Å². The van der Waals surface area contributed by atoms with E-state index in [0.717, 1.165) is 17.5 Å². The van der Waals surface area contributed by atoms with Gasteiger partial charge >= 0.3 is 0 Å². The average Bonchev–Trinajstić information content (AvgIpc) is 2.47. The van der Waals surface area contributed by atoms with Crippen molar-refractivity contribution in [2.75, 3.05) is 18.0 Å². The number of hydrogen-bond acceptors (Lipinski definition) is 3. The van der Waals surface area contributed by atoms with Crippen LogP contribution in [-0.2, 0) is 6.54 Å². The van der Waals surface area contributed by atoms with E-state index in [1.165, 1.54) is 50.9 Å². The highest BCUT2D eigenvalue weighted by molar-refractivity contribution is 5.47. The Bertz CT molecular complexity index is 404. The molecule has 1 aliphatic carbocycles. The van der Waals surface area contributed by atoms with Crippen molar-refractivity contribution >= 4 is 5.69 Å². The third kappa shape index (κ3) is 2.37. The van der Waals surface area contributed by atoms with Crippen LogP contribution < -0.4 is 10.6 Å². The number of fused-ring (bicyclic) bond motifs is 1. The zero-order valence-electron chi connectivity index (χ0n) is 11.0.